The Bertz CT molecular complexity index is 1680. The Morgan fingerprint density at radius 2 is 1.80 bits per heavy atom. The SMILES string of the molecule is CC(C)C(=O)N(CC#Cc1cc2c(N[C@H]3CC[C@H](N(C)C)CC3)cccc2n1CC(F)(F)F)c1ccc(S(C)(=O)=O)cc1O. The molecule has 1 heterocycles. The van der Waals surface area contributed by atoms with Crippen LogP contribution in [0.4, 0.5) is 24.5 Å². The van der Waals surface area contributed by atoms with Crippen LogP contribution in [-0.4, -0.2) is 74.1 Å². The topological polar surface area (TPSA) is 94.9 Å². The zero-order valence-electron chi connectivity index (χ0n) is 25.6. The molecule has 0 bridgehead atoms. The number of hydrogen-bond acceptors (Lipinski definition) is 6. The maximum absolute atomic E-state index is 13.7. The van der Waals surface area contributed by atoms with Crippen LogP contribution < -0.4 is 10.2 Å². The number of aromatic hydroxyl groups is 1. The molecule has 0 saturated heterocycles. The number of anilines is 2. The molecular formula is C32H39F3N4O4S. The molecule has 1 aliphatic carbocycles. The minimum Gasteiger partial charge on any atom is -0.506 e. The molecule has 2 N–H and O–H groups in total. The molecule has 4 rings (SSSR count). The van der Waals surface area contributed by atoms with E-state index in [1.165, 1.54) is 17.0 Å². The minimum atomic E-state index is -4.50. The number of phenolic OH excluding ortho intramolecular Hbond substituents is 1. The average molecular weight is 633 g/mol. The quantitative estimate of drug-likeness (QED) is 0.313. The second-order valence-corrected chi connectivity index (χ2v) is 13.9. The fraction of sp³-hybridized carbons (Fsp3) is 0.469. The summed E-state index contributed by atoms with van der Waals surface area (Å²) in [4.78, 5) is 16.4. The van der Waals surface area contributed by atoms with Crippen LogP contribution in [0.15, 0.2) is 47.4 Å². The molecule has 1 fully saturated rings. The Morgan fingerprint density at radius 3 is 2.36 bits per heavy atom. The highest BCUT2D eigenvalue weighted by molar-refractivity contribution is 7.90. The predicted octanol–water partition coefficient (Wildman–Crippen LogP) is 5.64. The number of phenols is 1. The van der Waals surface area contributed by atoms with Gasteiger partial charge in [0.1, 0.15) is 12.3 Å². The molecule has 0 atom stereocenters. The molecule has 0 aliphatic heterocycles. The van der Waals surface area contributed by atoms with Gasteiger partial charge in [0, 0.05) is 41.4 Å². The monoisotopic (exact) mass is 632 g/mol. The number of nitrogens with one attached hydrogen (secondary N) is 1. The number of hydrogen-bond donors (Lipinski definition) is 2. The van der Waals surface area contributed by atoms with E-state index in [1.807, 2.05) is 6.07 Å². The van der Waals surface area contributed by atoms with E-state index < -0.39 is 40.1 Å². The van der Waals surface area contributed by atoms with E-state index in [0.29, 0.717) is 16.9 Å². The first-order valence-corrected chi connectivity index (χ1v) is 16.4. The van der Waals surface area contributed by atoms with Gasteiger partial charge in [0.05, 0.1) is 28.3 Å². The number of alkyl halides is 3. The summed E-state index contributed by atoms with van der Waals surface area (Å²) in [5, 5.41) is 14.8. The molecule has 1 saturated carbocycles. The van der Waals surface area contributed by atoms with E-state index >= 15 is 0 Å². The van der Waals surface area contributed by atoms with Gasteiger partial charge in [-0.2, -0.15) is 13.2 Å². The molecule has 0 unspecified atom stereocenters. The number of halogens is 3. The summed E-state index contributed by atoms with van der Waals surface area (Å²) in [5.41, 5.74) is 1.32. The number of rotatable bonds is 8. The first-order valence-electron chi connectivity index (χ1n) is 14.5. The van der Waals surface area contributed by atoms with Crippen LogP contribution in [-0.2, 0) is 21.2 Å². The van der Waals surface area contributed by atoms with Gasteiger partial charge in [0.25, 0.3) is 0 Å². The van der Waals surface area contributed by atoms with Crippen molar-refractivity contribution in [1.29, 1.82) is 0 Å². The average Bonchev–Trinajstić information content (AvgIpc) is 3.27. The van der Waals surface area contributed by atoms with Crippen molar-refractivity contribution in [1.82, 2.24) is 9.47 Å². The number of carbonyl (C=O) groups is 1. The number of aromatic nitrogens is 1. The standard InChI is InChI=1S/C32H39F3N4O4S/c1-21(2)31(41)38(29-16-15-25(19-30(29)40)44(5,42)43)17-7-8-24-18-26-27(36-22-11-13-23(14-12-22)37(3)4)9-6-10-28(26)39(24)20-32(33,34)35/h6,9-10,15-16,18-19,21-23,36,40H,11-14,17,20H2,1-5H3/t22-,23-. The molecule has 44 heavy (non-hydrogen) atoms. The number of nitrogens with zero attached hydrogens (tertiary/aromatic N) is 3. The summed E-state index contributed by atoms with van der Waals surface area (Å²) in [6.45, 7) is 1.84. The molecule has 2 aromatic carbocycles. The van der Waals surface area contributed by atoms with Crippen LogP contribution in [0.5, 0.6) is 5.75 Å². The highest BCUT2D eigenvalue weighted by atomic mass is 32.2. The van der Waals surface area contributed by atoms with Crippen molar-refractivity contribution < 1.29 is 31.5 Å². The molecule has 8 nitrogen and oxygen atoms in total. The van der Waals surface area contributed by atoms with E-state index in [1.54, 1.807) is 32.0 Å². The van der Waals surface area contributed by atoms with Crippen LogP contribution >= 0.6 is 0 Å². The summed E-state index contributed by atoms with van der Waals surface area (Å²) in [6.07, 6.45) is 0.471. The summed E-state index contributed by atoms with van der Waals surface area (Å²) in [5.74, 6) is 4.34. The molecule has 12 heteroatoms. The maximum Gasteiger partial charge on any atom is 0.406 e. The molecular weight excluding hydrogens is 593 g/mol. The van der Waals surface area contributed by atoms with Crippen molar-refractivity contribution >= 4 is 38.0 Å². The fourth-order valence-corrected chi connectivity index (χ4v) is 6.23. The summed E-state index contributed by atoms with van der Waals surface area (Å²) in [7, 11) is 0.537. The maximum atomic E-state index is 13.7. The summed E-state index contributed by atoms with van der Waals surface area (Å²) >= 11 is 0. The number of amides is 1. The highest BCUT2D eigenvalue weighted by Crippen LogP contribution is 2.33. The van der Waals surface area contributed by atoms with Crippen LogP contribution in [0.3, 0.4) is 0 Å². The van der Waals surface area contributed by atoms with E-state index in [4.69, 9.17) is 0 Å². The van der Waals surface area contributed by atoms with E-state index in [-0.39, 0.29) is 28.9 Å². The molecule has 238 valence electrons. The summed E-state index contributed by atoms with van der Waals surface area (Å²) < 4.78 is 66.1. The Hall–Kier alpha value is -3.69. The molecule has 1 aliphatic rings. The lowest BCUT2D eigenvalue weighted by molar-refractivity contribution is -0.140. The van der Waals surface area contributed by atoms with Gasteiger partial charge in [0.2, 0.25) is 5.91 Å². The van der Waals surface area contributed by atoms with Gasteiger partial charge in [-0.05, 0) is 76.0 Å². The van der Waals surface area contributed by atoms with Gasteiger partial charge in [0.15, 0.2) is 9.84 Å². The van der Waals surface area contributed by atoms with Crippen molar-refractivity contribution in [3.05, 3.63) is 48.2 Å². The third-order valence-corrected chi connectivity index (χ3v) is 9.06. The number of fused-ring (bicyclic) bond motifs is 1. The van der Waals surface area contributed by atoms with Crippen molar-refractivity contribution in [2.24, 2.45) is 5.92 Å². The van der Waals surface area contributed by atoms with Crippen molar-refractivity contribution in [3.63, 3.8) is 0 Å². The van der Waals surface area contributed by atoms with E-state index in [0.717, 1.165) is 48.3 Å². The van der Waals surface area contributed by atoms with Crippen molar-refractivity contribution in [3.8, 4) is 17.6 Å². The number of benzene rings is 2. The molecule has 0 radical (unpaired) electrons. The lowest BCUT2D eigenvalue weighted by Gasteiger charge is -2.33. The van der Waals surface area contributed by atoms with Crippen LogP contribution in [0.1, 0.15) is 45.2 Å². The molecule has 3 aromatic rings. The van der Waals surface area contributed by atoms with Crippen LogP contribution in [0, 0.1) is 17.8 Å². The third-order valence-electron chi connectivity index (χ3n) is 7.95. The first-order chi connectivity index (χ1) is 20.5. The zero-order valence-corrected chi connectivity index (χ0v) is 26.4. The third kappa shape index (κ3) is 7.87. The van der Waals surface area contributed by atoms with Crippen LogP contribution in [0.2, 0.25) is 0 Å². The van der Waals surface area contributed by atoms with Gasteiger partial charge < -0.3 is 19.9 Å². The highest BCUT2D eigenvalue weighted by Gasteiger charge is 2.30. The van der Waals surface area contributed by atoms with Gasteiger partial charge in [-0.1, -0.05) is 25.8 Å². The van der Waals surface area contributed by atoms with Crippen LogP contribution in [0.25, 0.3) is 10.9 Å². The van der Waals surface area contributed by atoms with Gasteiger partial charge in [-0.3, -0.25) is 9.69 Å². The van der Waals surface area contributed by atoms with Gasteiger partial charge in [-0.25, -0.2) is 8.42 Å². The lowest BCUT2D eigenvalue weighted by Crippen LogP contribution is -2.36. The van der Waals surface area contributed by atoms with E-state index in [2.05, 4.69) is 36.2 Å². The fourth-order valence-electron chi connectivity index (χ4n) is 5.58. The van der Waals surface area contributed by atoms with Crippen molar-refractivity contribution in [2.45, 2.75) is 69.2 Å². The van der Waals surface area contributed by atoms with E-state index in [9.17, 15) is 31.5 Å². The zero-order chi connectivity index (χ0) is 32.4. The smallest absolute Gasteiger partial charge is 0.406 e. The Labute approximate surface area is 256 Å². The second-order valence-electron chi connectivity index (χ2n) is 11.9. The molecule has 1 amide bonds. The largest absolute Gasteiger partial charge is 0.506 e. The first kappa shape index (κ1) is 33.2. The van der Waals surface area contributed by atoms with Crippen molar-refractivity contribution in [2.75, 3.05) is 37.1 Å². The molecule has 0 spiro atoms. The Kier molecular flexibility index (Phi) is 9.90. The Balaban J connectivity index is 1.68. The van der Waals surface area contributed by atoms with Gasteiger partial charge in [-0.15, -0.1) is 0 Å². The number of carbonyl (C=O) groups excluding carboxylic acids is 1. The van der Waals surface area contributed by atoms with Gasteiger partial charge >= 0.3 is 6.18 Å². The number of sulfone groups is 1. The second kappa shape index (κ2) is 13.1. The lowest BCUT2D eigenvalue weighted by atomic mass is 9.90. The minimum absolute atomic E-state index is 0.0525. The molecule has 1 aromatic heterocycles. The Morgan fingerprint density at radius 1 is 1.11 bits per heavy atom. The predicted molar refractivity (Wildman–Crippen MR) is 167 cm³/mol. The normalized spacial score (nSPS) is 17.5. The summed E-state index contributed by atoms with van der Waals surface area (Å²) in [6, 6.07) is 11.2.